The summed E-state index contributed by atoms with van der Waals surface area (Å²) in [5, 5.41) is 3.24. The van der Waals surface area contributed by atoms with Crippen LogP contribution in [0.1, 0.15) is 6.92 Å². The van der Waals surface area contributed by atoms with Crippen molar-refractivity contribution in [1.29, 1.82) is 0 Å². The Morgan fingerprint density at radius 2 is 2.00 bits per heavy atom. The quantitative estimate of drug-likeness (QED) is 0.583. The fourth-order valence-corrected chi connectivity index (χ4v) is 1.28. The second kappa shape index (κ2) is 6.40. The fraction of sp³-hybridized carbons (Fsp3) is 0.0714. The highest BCUT2D eigenvalue weighted by atomic mass is 14.9. The van der Waals surface area contributed by atoms with Crippen LogP contribution in [0.4, 0.5) is 5.69 Å². The molecule has 0 aliphatic heterocycles. The van der Waals surface area contributed by atoms with Gasteiger partial charge in [-0.1, -0.05) is 30.9 Å². The van der Waals surface area contributed by atoms with Gasteiger partial charge in [-0.05, 0) is 37.9 Å². The van der Waals surface area contributed by atoms with Crippen LogP contribution in [0.15, 0.2) is 71.5 Å². The molecule has 1 rings (SSSR count). The number of hydrogen-bond donors (Lipinski definition) is 1. The second-order valence-corrected chi connectivity index (χ2v) is 3.15. The van der Waals surface area contributed by atoms with E-state index in [0.717, 1.165) is 17.1 Å². The molecule has 1 N–H and O–H groups in total. The summed E-state index contributed by atoms with van der Waals surface area (Å²) < 4.78 is 0. The fourth-order valence-electron chi connectivity index (χ4n) is 1.28. The summed E-state index contributed by atoms with van der Waals surface area (Å²) in [6, 6.07) is 9.89. The number of nitrogens with one attached hydrogen (secondary N) is 1. The standard InChI is InChI=1S/C14H16N2/c1-4-9-14(15-3)13(5-2)16-12-10-7-6-8-11-12/h4-11,16H,2-3H2,1H3/b9-4-,14-13-. The van der Waals surface area contributed by atoms with Gasteiger partial charge in [0.1, 0.15) is 0 Å². The normalized spacial score (nSPS) is 12.1. The van der Waals surface area contributed by atoms with Crippen LogP contribution in [0, 0.1) is 0 Å². The zero-order valence-electron chi connectivity index (χ0n) is 9.48. The van der Waals surface area contributed by atoms with Crippen molar-refractivity contribution >= 4 is 12.4 Å². The summed E-state index contributed by atoms with van der Waals surface area (Å²) in [5.74, 6) is 0. The number of anilines is 1. The van der Waals surface area contributed by atoms with Crippen LogP contribution in [-0.4, -0.2) is 6.72 Å². The summed E-state index contributed by atoms with van der Waals surface area (Å²) in [6.07, 6.45) is 5.54. The van der Waals surface area contributed by atoms with Crippen molar-refractivity contribution in [1.82, 2.24) is 0 Å². The van der Waals surface area contributed by atoms with E-state index in [1.807, 2.05) is 49.4 Å². The lowest BCUT2D eigenvalue weighted by molar-refractivity contribution is 1.32. The maximum absolute atomic E-state index is 3.95. The number of hydrogen-bond acceptors (Lipinski definition) is 2. The van der Waals surface area contributed by atoms with Gasteiger partial charge in [-0.25, -0.2) is 0 Å². The molecule has 0 radical (unpaired) electrons. The minimum atomic E-state index is 0.779. The van der Waals surface area contributed by atoms with Crippen molar-refractivity contribution in [3.05, 3.63) is 66.5 Å². The van der Waals surface area contributed by atoms with Crippen molar-refractivity contribution in [2.45, 2.75) is 6.92 Å². The van der Waals surface area contributed by atoms with E-state index in [9.17, 15) is 0 Å². The molecule has 2 heteroatoms. The highest BCUT2D eigenvalue weighted by Gasteiger charge is 1.98. The molecule has 0 unspecified atom stereocenters. The van der Waals surface area contributed by atoms with Crippen molar-refractivity contribution in [3.63, 3.8) is 0 Å². The molecule has 0 fully saturated rings. The van der Waals surface area contributed by atoms with Crippen LogP contribution in [0.25, 0.3) is 0 Å². The molecule has 0 bridgehead atoms. The van der Waals surface area contributed by atoms with Gasteiger partial charge in [0, 0.05) is 5.69 Å². The summed E-state index contributed by atoms with van der Waals surface area (Å²) in [4.78, 5) is 3.95. The van der Waals surface area contributed by atoms with Crippen molar-refractivity contribution in [3.8, 4) is 0 Å². The molecule has 1 aromatic rings. The molecule has 16 heavy (non-hydrogen) atoms. The molecule has 0 spiro atoms. The van der Waals surface area contributed by atoms with Crippen LogP contribution < -0.4 is 5.32 Å². The van der Waals surface area contributed by atoms with Crippen molar-refractivity contribution in [2.75, 3.05) is 5.32 Å². The van der Waals surface area contributed by atoms with Gasteiger partial charge in [0.25, 0.3) is 0 Å². The highest BCUT2D eigenvalue weighted by molar-refractivity contribution is 5.53. The number of para-hydroxylation sites is 1. The summed E-state index contributed by atoms with van der Waals surface area (Å²) in [7, 11) is 0. The highest BCUT2D eigenvalue weighted by Crippen LogP contribution is 2.14. The first-order valence-electron chi connectivity index (χ1n) is 5.10. The van der Waals surface area contributed by atoms with Gasteiger partial charge in [-0.2, -0.15) is 0 Å². The van der Waals surface area contributed by atoms with E-state index in [1.54, 1.807) is 6.08 Å². The predicted octanol–water partition coefficient (Wildman–Crippen LogP) is 3.77. The molecule has 0 amide bonds. The molecule has 2 nitrogen and oxygen atoms in total. The van der Waals surface area contributed by atoms with E-state index in [1.165, 1.54) is 0 Å². The number of aliphatic imine (C=N–C) groups is 1. The predicted molar refractivity (Wildman–Crippen MR) is 71.7 cm³/mol. The Labute approximate surface area is 96.7 Å². The van der Waals surface area contributed by atoms with E-state index in [2.05, 4.69) is 23.6 Å². The first kappa shape index (κ1) is 12.0. The summed E-state index contributed by atoms with van der Waals surface area (Å²) in [5.41, 5.74) is 2.63. The molecule has 82 valence electrons. The first-order valence-corrected chi connectivity index (χ1v) is 5.10. The SMILES string of the molecule is C=C/C(Nc1ccccc1)=C(\C=C/C)N=C. The van der Waals surface area contributed by atoms with Gasteiger partial charge in [0.15, 0.2) is 0 Å². The van der Waals surface area contributed by atoms with Gasteiger partial charge >= 0.3 is 0 Å². The van der Waals surface area contributed by atoms with E-state index >= 15 is 0 Å². The topological polar surface area (TPSA) is 24.4 Å². The minimum absolute atomic E-state index is 0.779. The lowest BCUT2D eigenvalue weighted by Crippen LogP contribution is -1.99. The molecular formula is C14H16N2. The maximum atomic E-state index is 3.95. The number of allylic oxidation sites excluding steroid dienone is 3. The molecule has 0 aromatic heterocycles. The maximum Gasteiger partial charge on any atom is 0.0853 e. The molecule has 0 aliphatic carbocycles. The molecule has 0 heterocycles. The number of nitrogens with zero attached hydrogens (tertiary/aromatic N) is 1. The Bertz CT molecular complexity index is 414. The van der Waals surface area contributed by atoms with Crippen molar-refractivity contribution in [2.24, 2.45) is 4.99 Å². The zero-order chi connectivity index (χ0) is 11.8. The van der Waals surface area contributed by atoms with Gasteiger partial charge in [-0.15, -0.1) is 0 Å². The van der Waals surface area contributed by atoms with Crippen LogP contribution >= 0.6 is 0 Å². The zero-order valence-corrected chi connectivity index (χ0v) is 9.48. The van der Waals surface area contributed by atoms with Crippen LogP contribution in [0.5, 0.6) is 0 Å². The third-order valence-electron chi connectivity index (χ3n) is 2.03. The van der Waals surface area contributed by atoms with Crippen LogP contribution in [0.3, 0.4) is 0 Å². The molecule has 0 atom stereocenters. The van der Waals surface area contributed by atoms with Crippen LogP contribution in [-0.2, 0) is 0 Å². The summed E-state index contributed by atoms with van der Waals surface area (Å²) in [6.45, 7) is 9.25. The molecule has 0 aliphatic rings. The summed E-state index contributed by atoms with van der Waals surface area (Å²) >= 11 is 0. The van der Waals surface area contributed by atoms with E-state index < -0.39 is 0 Å². The van der Waals surface area contributed by atoms with Gasteiger partial charge in [-0.3, -0.25) is 4.99 Å². The third-order valence-corrected chi connectivity index (χ3v) is 2.03. The lowest BCUT2D eigenvalue weighted by Gasteiger charge is -2.08. The average molecular weight is 212 g/mol. The Morgan fingerprint density at radius 1 is 1.31 bits per heavy atom. The largest absolute Gasteiger partial charge is 0.354 e. The Hall–Kier alpha value is -2.09. The lowest BCUT2D eigenvalue weighted by atomic mass is 10.2. The van der Waals surface area contributed by atoms with Crippen molar-refractivity contribution < 1.29 is 0 Å². The van der Waals surface area contributed by atoms with E-state index in [-0.39, 0.29) is 0 Å². The second-order valence-electron chi connectivity index (χ2n) is 3.15. The first-order chi connectivity index (χ1) is 7.81. The molecule has 0 saturated carbocycles. The van der Waals surface area contributed by atoms with Gasteiger partial charge in [0.2, 0.25) is 0 Å². The molecule has 0 saturated heterocycles. The van der Waals surface area contributed by atoms with Gasteiger partial charge < -0.3 is 5.32 Å². The third kappa shape index (κ3) is 3.24. The Morgan fingerprint density at radius 3 is 2.50 bits per heavy atom. The van der Waals surface area contributed by atoms with Crippen LogP contribution in [0.2, 0.25) is 0 Å². The van der Waals surface area contributed by atoms with E-state index in [0.29, 0.717) is 0 Å². The monoisotopic (exact) mass is 212 g/mol. The smallest absolute Gasteiger partial charge is 0.0853 e. The molecular weight excluding hydrogens is 196 g/mol. The number of rotatable bonds is 5. The molecule has 1 aromatic carbocycles. The average Bonchev–Trinajstić information content (AvgIpc) is 2.35. The Kier molecular flexibility index (Phi) is 4.80. The Balaban J connectivity index is 2.99. The number of benzene rings is 1. The minimum Gasteiger partial charge on any atom is -0.354 e. The van der Waals surface area contributed by atoms with Gasteiger partial charge in [0.05, 0.1) is 11.4 Å². The van der Waals surface area contributed by atoms with E-state index in [4.69, 9.17) is 0 Å².